The Morgan fingerprint density at radius 1 is 1.45 bits per heavy atom. The maximum absolute atomic E-state index is 12.6. The summed E-state index contributed by atoms with van der Waals surface area (Å²) in [7, 11) is 0. The van der Waals surface area contributed by atoms with Gasteiger partial charge in [-0.05, 0) is 34.6 Å². The quantitative estimate of drug-likeness (QED) is 0.927. The molecule has 0 aliphatic carbocycles. The van der Waals surface area contributed by atoms with Gasteiger partial charge in [0.25, 0.3) is 11.5 Å². The van der Waals surface area contributed by atoms with E-state index in [9.17, 15) is 14.7 Å². The molecule has 1 amide bonds. The Labute approximate surface area is 133 Å². The molecule has 0 aromatic carbocycles. The van der Waals surface area contributed by atoms with Gasteiger partial charge in [0, 0.05) is 29.9 Å². The zero-order chi connectivity index (χ0) is 16.7. The molecule has 2 aromatic rings. The van der Waals surface area contributed by atoms with Crippen LogP contribution < -0.4 is 5.56 Å². The minimum Gasteiger partial charge on any atom is -0.389 e. The highest BCUT2D eigenvalue weighted by Crippen LogP contribution is 2.18. The number of aromatic nitrogens is 2. The molecule has 0 saturated heterocycles. The molecule has 0 atom stereocenters. The van der Waals surface area contributed by atoms with Crippen molar-refractivity contribution in [2.45, 2.75) is 40.2 Å². The molecule has 0 unspecified atom stereocenters. The van der Waals surface area contributed by atoms with E-state index in [4.69, 9.17) is 0 Å². The maximum Gasteiger partial charge on any atom is 0.271 e. The van der Waals surface area contributed by atoms with E-state index >= 15 is 0 Å². The zero-order valence-corrected chi connectivity index (χ0v) is 14.3. The van der Waals surface area contributed by atoms with Gasteiger partial charge in [-0.25, -0.2) is 4.98 Å². The van der Waals surface area contributed by atoms with Gasteiger partial charge in [-0.1, -0.05) is 0 Å². The van der Waals surface area contributed by atoms with Crippen LogP contribution in [0.25, 0.3) is 4.96 Å². The average Bonchev–Trinajstić information content (AvgIpc) is 2.71. The number of thiazole rings is 1. The summed E-state index contributed by atoms with van der Waals surface area (Å²) >= 11 is 1.42. The Bertz CT molecular complexity index is 771. The SMILES string of the molecule is CCN(CC(C)(C)O)C(=O)c1cnc2sc(C)c(C)n2c1=O. The van der Waals surface area contributed by atoms with E-state index in [1.54, 1.807) is 13.8 Å². The van der Waals surface area contributed by atoms with E-state index in [0.717, 1.165) is 10.6 Å². The standard InChI is InChI=1S/C15H21N3O3S/c1-6-17(8-15(4,5)21)12(19)11-7-16-14-18(13(11)20)9(2)10(3)22-14/h7,21H,6,8H2,1-5H3. The molecule has 6 nitrogen and oxygen atoms in total. The fourth-order valence-corrected chi connectivity index (χ4v) is 3.22. The number of nitrogens with zero attached hydrogens (tertiary/aromatic N) is 3. The number of aliphatic hydroxyl groups is 1. The molecule has 7 heteroatoms. The topological polar surface area (TPSA) is 74.9 Å². The van der Waals surface area contributed by atoms with Gasteiger partial charge >= 0.3 is 0 Å². The summed E-state index contributed by atoms with van der Waals surface area (Å²) in [6, 6.07) is 0. The number of aryl methyl sites for hydroxylation is 2. The second kappa shape index (κ2) is 5.81. The molecule has 0 spiro atoms. The molecule has 2 rings (SSSR count). The zero-order valence-electron chi connectivity index (χ0n) is 13.5. The van der Waals surface area contributed by atoms with Crippen molar-refractivity contribution >= 4 is 22.2 Å². The summed E-state index contributed by atoms with van der Waals surface area (Å²) in [4.78, 5) is 32.5. The first-order valence-electron chi connectivity index (χ1n) is 7.15. The summed E-state index contributed by atoms with van der Waals surface area (Å²) < 4.78 is 1.48. The van der Waals surface area contributed by atoms with Gasteiger partial charge in [0.15, 0.2) is 4.96 Å². The van der Waals surface area contributed by atoms with Crippen molar-refractivity contribution in [2.75, 3.05) is 13.1 Å². The van der Waals surface area contributed by atoms with Crippen LogP contribution in [0.2, 0.25) is 0 Å². The highest BCUT2D eigenvalue weighted by molar-refractivity contribution is 7.17. The van der Waals surface area contributed by atoms with Crippen LogP contribution in [0.5, 0.6) is 0 Å². The van der Waals surface area contributed by atoms with Crippen LogP contribution >= 0.6 is 11.3 Å². The van der Waals surface area contributed by atoms with Gasteiger partial charge in [0.2, 0.25) is 0 Å². The van der Waals surface area contributed by atoms with Crippen LogP contribution in [0.15, 0.2) is 11.0 Å². The first kappa shape index (κ1) is 16.6. The molecule has 0 bridgehead atoms. The van der Waals surface area contributed by atoms with Crippen molar-refractivity contribution in [3.63, 3.8) is 0 Å². The molecule has 1 N–H and O–H groups in total. The Balaban J connectivity index is 2.50. The van der Waals surface area contributed by atoms with E-state index in [-0.39, 0.29) is 17.7 Å². The summed E-state index contributed by atoms with van der Waals surface area (Å²) in [5.74, 6) is -0.403. The third kappa shape index (κ3) is 3.05. The van der Waals surface area contributed by atoms with Gasteiger partial charge in [0.1, 0.15) is 5.56 Å². The van der Waals surface area contributed by atoms with E-state index in [2.05, 4.69) is 4.98 Å². The van der Waals surface area contributed by atoms with Gasteiger partial charge in [-0.3, -0.25) is 14.0 Å². The van der Waals surface area contributed by atoms with Crippen molar-refractivity contribution in [1.29, 1.82) is 0 Å². The molecule has 2 heterocycles. The van der Waals surface area contributed by atoms with Crippen molar-refractivity contribution in [1.82, 2.24) is 14.3 Å². The van der Waals surface area contributed by atoms with Crippen LogP contribution in [0, 0.1) is 13.8 Å². The largest absolute Gasteiger partial charge is 0.389 e. The second-order valence-electron chi connectivity index (χ2n) is 5.97. The highest BCUT2D eigenvalue weighted by atomic mass is 32.1. The third-order valence-corrected chi connectivity index (χ3v) is 4.57. The summed E-state index contributed by atoms with van der Waals surface area (Å²) in [5.41, 5.74) is -0.540. The lowest BCUT2D eigenvalue weighted by atomic mass is 10.1. The Hall–Kier alpha value is -1.73. The number of hydrogen-bond donors (Lipinski definition) is 1. The molecule has 0 radical (unpaired) electrons. The molecule has 120 valence electrons. The molecule has 2 aromatic heterocycles. The minimum absolute atomic E-state index is 0.0319. The lowest BCUT2D eigenvalue weighted by molar-refractivity contribution is 0.0313. The number of amides is 1. The lowest BCUT2D eigenvalue weighted by Crippen LogP contribution is -2.44. The van der Waals surface area contributed by atoms with Gasteiger partial charge < -0.3 is 10.0 Å². The summed E-state index contributed by atoms with van der Waals surface area (Å²) in [5, 5.41) is 9.91. The average molecular weight is 323 g/mol. The predicted molar refractivity (Wildman–Crippen MR) is 86.7 cm³/mol. The Kier molecular flexibility index (Phi) is 4.39. The number of fused-ring (bicyclic) bond motifs is 1. The van der Waals surface area contributed by atoms with E-state index in [0.29, 0.717) is 11.5 Å². The van der Waals surface area contributed by atoms with Crippen molar-refractivity contribution < 1.29 is 9.90 Å². The van der Waals surface area contributed by atoms with E-state index < -0.39 is 11.5 Å². The van der Waals surface area contributed by atoms with Crippen LogP contribution in [0.1, 0.15) is 41.7 Å². The second-order valence-corrected chi connectivity index (χ2v) is 7.15. The first-order chi connectivity index (χ1) is 10.2. The molecular formula is C15H21N3O3S. The molecule has 0 saturated carbocycles. The Morgan fingerprint density at radius 2 is 2.09 bits per heavy atom. The smallest absolute Gasteiger partial charge is 0.271 e. The van der Waals surface area contributed by atoms with Crippen LogP contribution in [-0.2, 0) is 0 Å². The van der Waals surface area contributed by atoms with Gasteiger partial charge in [-0.15, -0.1) is 11.3 Å². The fourth-order valence-electron chi connectivity index (χ4n) is 2.29. The highest BCUT2D eigenvalue weighted by Gasteiger charge is 2.25. The van der Waals surface area contributed by atoms with Gasteiger partial charge in [-0.2, -0.15) is 0 Å². The van der Waals surface area contributed by atoms with Crippen molar-refractivity contribution in [2.24, 2.45) is 0 Å². The number of carbonyl (C=O) groups excluding carboxylic acids is 1. The number of likely N-dealkylation sites (N-methyl/N-ethyl adjacent to an activating group) is 1. The normalized spacial score (nSPS) is 11.9. The van der Waals surface area contributed by atoms with Crippen molar-refractivity contribution in [3.8, 4) is 0 Å². The molecule has 0 aliphatic rings. The molecular weight excluding hydrogens is 302 g/mol. The van der Waals surface area contributed by atoms with E-state index in [1.165, 1.54) is 26.8 Å². The summed E-state index contributed by atoms with van der Waals surface area (Å²) in [6.07, 6.45) is 1.34. The van der Waals surface area contributed by atoms with E-state index in [1.807, 2.05) is 20.8 Å². The summed E-state index contributed by atoms with van der Waals surface area (Å²) in [6.45, 7) is 9.39. The molecule has 22 heavy (non-hydrogen) atoms. The van der Waals surface area contributed by atoms with Crippen LogP contribution in [0.4, 0.5) is 0 Å². The van der Waals surface area contributed by atoms with Crippen molar-refractivity contribution in [3.05, 3.63) is 32.7 Å². The number of hydrogen-bond acceptors (Lipinski definition) is 5. The predicted octanol–water partition coefficient (Wildman–Crippen LogP) is 1.61. The molecule has 0 fully saturated rings. The molecule has 0 aliphatic heterocycles. The fraction of sp³-hybridized carbons (Fsp3) is 0.533. The third-order valence-electron chi connectivity index (χ3n) is 3.50. The first-order valence-corrected chi connectivity index (χ1v) is 7.96. The Morgan fingerprint density at radius 3 is 2.64 bits per heavy atom. The maximum atomic E-state index is 12.6. The number of carbonyl (C=O) groups is 1. The minimum atomic E-state index is -1.02. The monoisotopic (exact) mass is 323 g/mol. The van der Waals surface area contributed by atoms with Crippen LogP contribution in [-0.4, -0.2) is 44.0 Å². The lowest BCUT2D eigenvalue weighted by Gasteiger charge is -2.27. The van der Waals surface area contributed by atoms with Crippen LogP contribution in [0.3, 0.4) is 0 Å². The number of rotatable bonds is 4. The van der Waals surface area contributed by atoms with Gasteiger partial charge in [0.05, 0.1) is 5.60 Å².